The van der Waals surface area contributed by atoms with Gasteiger partial charge in [0.25, 0.3) is 0 Å². The maximum atomic E-state index is 9.70. The van der Waals surface area contributed by atoms with E-state index in [-0.39, 0.29) is 12.1 Å². The van der Waals surface area contributed by atoms with Gasteiger partial charge in [-0.15, -0.1) is 0 Å². The van der Waals surface area contributed by atoms with Gasteiger partial charge in [-0.05, 0) is 56.9 Å². The lowest BCUT2D eigenvalue weighted by atomic mass is 9.91. The lowest BCUT2D eigenvalue weighted by molar-refractivity contribution is 0.143. The van der Waals surface area contributed by atoms with Crippen molar-refractivity contribution in [2.75, 3.05) is 0 Å². The van der Waals surface area contributed by atoms with Gasteiger partial charge in [-0.2, -0.15) is 0 Å². The number of halogens is 1. The molecule has 0 fully saturated rings. The second kappa shape index (κ2) is 5.51. The molecule has 3 rings (SSSR count). The lowest BCUT2D eigenvalue weighted by Crippen LogP contribution is -2.39. The van der Waals surface area contributed by atoms with Gasteiger partial charge in [0, 0.05) is 33.2 Å². The van der Waals surface area contributed by atoms with E-state index in [0.29, 0.717) is 6.04 Å². The molecule has 20 heavy (non-hydrogen) atoms. The van der Waals surface area contributed by atoms with E-state index in [1.54, 1.807) is 0 Å². The molecule has 2 aromatic rings. The molecule has 3 nitrogen and oxygen atoms in total. The van der Waals surface area contributed by atoms with Crippen molar-refractivity contribution in [1.29, 1.82) is 0 Å². The SMILES string of the molecule is CC(O)C(C)NC1CCCc2c1[nH]c1ccc(Br)cc21. The molecule has 3 unspecified atom stereocenters. The molecule has 1 aliphatic carbocycles. The largest absolute Gasteiger partial charge is 0.392 e. The van der Waals surface area contributed by atoms with Crippen molar-refractivity contribution in [1.82, 2.24) is 10.3 Å². The summed E-state index contributed by atoms with van der Waals surface area (Å²) in [5.41, 5.74) is 3.94. The van der Waals surface area contributed by atoms with Crippen LogP contribution in [-0.2, 0) is 6.42 Å². The number of rotatable bonds is 3. The van der Waals surface area contributed by atoms with Crippen LogP contribution in [-0.4, -0.2) is 22.2 Å². The number of H-pyrrole nitrogens is 1. The normalized spacial score (nSPS) is 21.7. The fourth-order valence-electron chi connectivity index (χ4n) is 3.06. The molecular formula is C16H21BrN2O. The Bertz CT molecular complexity index is 620. The van der Waals surface area contributed by atoms with Gasteiger partial charge in [-0.25, -0.2) is 0 Å². The van der Waals surface area contributed by atoms with Crippen LogP contribution in [0, 0.1) is 0 Å². The average molecular weight is 337 g/mol. The molecule has 0 bridgehead atoms. The third-order valence-corrected chi connectivity index (χ3v) is 4.85. The van der Waals surface area contributed by atoms with Crippen molar-refractivity contribution >= 4 is 26.8 Å². The highest BCUT2D eigenvalue weighted by atomic mass is 79.9. The number of aromatic amines is 1. The maximum Gasteiger partial charge on any atom is 0.0662 e. The smallest absolute Gasteiger partial charge is 0.0662 e. The first-order valence-electron chi connectivity index (χ1n) is 7.30. The Labute approximate surface area is 127 Å². The summed E-state index contributed by atoms with van der Waals surface area (Å²) >= 11 is 3.56. The van der Waals surface area contributed by atoms with Crippen molar-refractivity contribution in [3.8, 4) is 0 Å². The Kier molecular flexibility index (Phi) is 3.89. The van der Waals surface area contributed by atoms with E-state index in [1.165, 1.54) is 28.6 Å². The van der Waals surface area contributed by atoms with Crippen LogP contribution in [0.15, 0.2) is 22.7 Å². The summed E-state index contributed by atoms with van der Waals surface area (Å²) in [6.07, 6.45) is 3.11. The second-order valence-corrected chi connectivity index (χ2v) is 6.76. The molecule has 1 heterocycles. The standard InChI is InChI=1S/C16H21BrN2O/c1-9(10(2)20)18-15-5-3-4-12-13-8-11(17)6-7-14(13)19-16(12)15/h6-10,15,18-20H,3-5H2,1-2H3. The van der Waals surface area contributed by atoms with Gasteiger partial charge in [-0.1, -0.05) is 15.9 Å². The fraction of sp³-hybridized carbons (Fsp3) is 0.500. The van der Waals surface area contributed by atoms with Crippen LogP contribution < -0.4 is 5.32 Å². The van der Waals surface area contributed by atoms with E-state index in [4.69, 9.17) is 0 Å². The molecule has 1 aromatic carbocycles. The number of hydrogen-bond donors (Lipinski definition) is 3. The number of aromatic nitrogens is 1. The molecule has 0 spiro atoms. The Hall–Kier alpha value is -0.840. The summed E-state index contributed by atoms with van der Waals surface area (Å²) in [5, 5.41) is 14.6. The first kappa shape index (κ1) is 14.1. The van der Waals surface area contributed by atoms with Crippen molar-refractivity contribution in [2.24, 2.45) is 0 Å². The highest BCUT2D eigenvalue weighted by molar-refractivity contribution is 9.10. The first-order valence-corrected chi connectivity index (χ1v) is 8.09. The van der Waals surface area contributed by atoms with E-state index in [1.807, 2.05) is 13.8 Å². The molecule has 1 aromatic heterocycles. The molecular weight excluding hydrogens is 316 g/mol. The van der Waals surface area contributed by atoms with Crippen molar-refractivity contribution < 1.29 is 5.11 Å². The van der Waals surface area contributed by atoms with Crippen molar-refractivity contribution in [3.05, 3.63) is 33.9 Å². The molecule has 4 heteroatoms. The van der Waals surface area contributed by atoms with Crippen molar-refractivity contribution in [2.45, 2.75) is 51.3 Å². The Morgan fingerprint density at radius 1 is 1.40 bits per heavy atom. The fourth-order valence-corrected chi connectivity index (χ4v) is 3.42. The minimum Gasteiger partial charge on any atom is -0.392 e. The van der Waals surface area contributed by atoms with Crippen LogP contribution in [0.2, 0.25) is 0 Å². The van der Waals surface area contributed by atoms with Gasteiger partial charge in [-0.3, -0.25) is 0 Å². The number of aryl methyl sites for hydroxylation is 1. The van der Waals surface area contributed by atoms with Gasteiger partial charge < -0.3 is 15.4 Å². The molecule has 1 aliphatic rings. The number of aliphatic hydroxyl groups is 1. The third kappa shape index (κ3) is 2.52. The van der Waals surface area contributed by atoms with Crippen LogP contribution in [0.4, 0.5) is 0 Å². The highest BCUT2D eigenvalue weighted by Gasteiger charge is 2.26. The highest BCUT2D eigenvalue weighted by Crippen LogP contribution is 2.36. The predicted molar refractivity (Wildman–Crippen MR) is 86.0 cm³/mol. The molecule has 0 aliphatic heterocycles. The Morgan fingerprint density at radius 3 is 2.95 bits per heavy atom. The summed E-state index contributed by atoms with van der Waals surface area (Å²) in [6, 6.07) is 6.82. The topological polar surface area (TPSA) is 48.0 Å². The monoisotopic (exact) mass is 336 g/mol. The molecule has 0 amide bonds. The quantitative estimate of drug-likeness (QED) is 0.800. The second-order valence-electron chi connectivity index (χ2n) is 5.85. The Balaban J connectivity index is 1.98. The average Bonchev–Trinajstić information content (AvgIpc) is 2.78. The minimum atomic E-state index is -0.334. The number of aliphatic hydroxyl groups excluding tert-OH is 1. The molecule has 0 saturated carbocycles. The van der Waals surface area contributed by atoms with Gasteiger partial charge >= 0.3 is 0 Å². The summed E-state index contributed by atoms with van der Waals surface area (Å²) in [4.78, 5) is 3.57. The summed E-state index contributed by atoms with van der Waals surface area (Å²) in [7, 11) is 0. The lowest BCUT2D eigenvalue weighted by Gasteiger charge is -2.28. The molecule has 3 atom stereocenters. The Morgan fingerprint density at radius 2 is 2.20 bits per heavy atom. The van der Waals surface area contributed by atoms with Crippen LogP contribution >= 0.6 is 15.9 Å². The predicted octanol–water partition coefficient (Wildman–Crippen LogP) is 3.67. The zero-order chi connectivity index (χ0) is 14.3. The van der Waals surface area contributed by atoms with E-state index in [0.717, 1.165) is 17.3 Å². The zero-order valence-corrected chi connectivity index (χ0v) is 13.5. The van der Waals surface area contributed by atoms with Crippen molar-refractivity contribution in [3.63, 3.8) is 0 Å². The number of hydrogen-bond acceptors (Lipinski definition) is 2. The van der Waals surface area contributed by atoms with Gasteiger partial charge in [0.15, 0.2) is 0 Å². The van der Waals surface area contributed by atoms with Crippen LogP contribution in [0.3, 0.4) is 0 Å². The summed E-state index contributed by atoms with van der Waals surface area (Å²) in [5.74, 6) is 0. The number of fused-ring (bicyclic) bond motifs is 3. The van der Waals surface area contributed by atoms with E-state index in [9.17, 15) is 5.11 Å². The molecule has 0 saturated heterocycles. The van der Waals surface area contributed by atoms with E-state index >= 15 is 0 Å². The molecule has 108 valence electrons. The van der Waals surface area contributed by atoms with Crippen LogP contribution in [0.25, 0.3) is 10.9 Å². The molecule has 0 radical (unpaired) electrons. The van der Waals surface area contributed by atoms with E-state index < -0.39 is 0 Å². The van der Waals surface area contributed by atoms with E-state index in [2.05, 4.69) is 44.4 Å². The van der Waals surface area contributed by atoms with Gasteiger partial charge in [0.05, 0.1) is 6.10 Å². The van der Waals surface area contributed by atoms with Gasteiger partial charge in [0.2, 0.25) is 0 Å². The molecule has 3 N–H and O–H groups in total. The first-order chi connectivity index (χ1) is 9.56. The summed E-state index contributed by atoms with van der Waals surface area (Å²) < 4.78 is 1.12. The summed E-state index contributed by atoms with van der Waals surface area (Å²) in [6.45, 7) is 3.88. The number of nitrogens with one attached hydrogen (secondary N) is 2. The van der Waals surface area contributed by atoms with Gasteiger partial charge in [0.1, 0.15) is 0 Å². The van der Waals surface area contributed by atoms with Crippen LogP contribution in [0.1, 0.15) is 44.0 Å². The number of benzene rings is 1. The van der Waals surface area contributed by atoms with Crippen LogP contribution in [0.5, 0.6) is 0 Å². The third-order valence-electron chi connectivity index (χ3n) is 4.36. The maximum absolute atomic E-state index is 9.70. The minimum absolute atomic E-state index is 0.101. The zero-order valence-electron chi connectivity index (χ0n) is 11.9.